The van der Waals surface area contributed by atoms with Crippen LogP contribution in [0, 0.1) is 0 Å². The molecule has 0 amide bonds. The van der Waals surface area contributed by atoms with Crippen molar-refractivity contribution >= 4 is 34.8 Å². The van der Waals surface area contributed by atoms with Gasteiger partial charge in [0, 0.05) is 10.6 Å². The Labute approximate surface area is 140 Å². The lowest BCUT2D eigenvalue weighted by molar-refractivity contribution is 0.404. The zero-order valence-corrected chi connectivity index (χ0v) is 14.1. The highest BCUT2D eigenvalue weighted by molar-refractivity contribution is 6.42. The van der Waals surface area contributed by atoms with Crippen LogP contribution in [0.4, 0.5) is 0 Å². The molecule has 1 N–H and O–H groups in total. The molecule has 21 heavy (non-hydrogen) atoms. The SMILES string of the molecule is CCNC(c1ccc(Cl)cc1OC)c1cccc(Cl)c1Cl. The van der Waals surface area contributed by atoms with Crippen molar-refractivity contribution in [1.82, 2.24) is 5.32 Å². The van der Waals surface area contributed by atoms with Crippen molar-refractivity contribution < 1.29 is 4.74 Å². The van der Waals surface area contributed by atoms with E-state index in [-0.39, 0.29) is 6.04 Å². The van der Waals surface area contributed by atoms with Gasteiger partial charge in [-0.05, 0) is 30.3 Å². The van der Waals surface area contributed by atoms with Gasteiger partial charge in [-0.3, -0.25) is 0 Å². The fraction of sp³-hybridized carbons (Fsp3) is 0.250. The van der Waals surface area contributed by atoms with Crippen molar-refractivity contribution in [3.63, 3.8) is 0 Å². The summed E-state index contributed by atoms with van der Waals surface area (Å²) >= 11 is 18.5. The van der Waals surface area contributed by atoms with Gasteiger partial charge in [0.2, 0.25) is 0 Å². The topological polar surface area (TPSA) is 21.3 Å². The number of ether oxygens (including phenoxy) is 1. The average Bonchev–Trinajstić information content (AvgIpc) is 2.48. The Hall–Kier alpha value is -0.930. The molecule has 0 saturated heterocycles. The Morgan fingerprint density at radius 1 is 1.10 bits per heavy atom. The van der Waals surface area contributed by atoms with Gasteiger partial charge in [-0.25, -0.2) is 0 Å². The molecule has 1 atom stereocenters. The number of hydrogen-bond acceptors (Lipinski definition) is 2. The molecule has 5 heteroatoms. The Bertz CT molecular complexity index is 631. The molecule has 112 valence electrons. The number of methoxy groups -OCH3 is 1. The van der Waals surface area contributed by atoms with Gasteiger partial charge in [0.1, 0.15) is 5.75 Å². The molecule has 0 spiro atoms. The van der Waals surface area contributed by atoms with Crippen LogP contribution in [-0.2, 0) is 0 Å². The molecule has 2 aromatic carbocycles. The van der Waals surface area contributed by atoms with Gasteiger partial charge >= 0.3 is 0 Å². The van der Waals surface area contributed by atoms with E-state index in [4.69, 9.17) is 39.5 Å². The Morgan fingerprint density at radius 2 is 1.86 bits per heavy atom. The first-order chi connectivity index (χ1) is 10.1. The second-order valence-corrected chi connectivity index (χ2v) is 5.74. The van der Waals surface area contributed by atoms with E-state index < -0.39 is 0 Å². The summed E-state index contributed by atoms with van der Waals surface area (Å²) in [5, 5.41) is 5.12. The normalized spacial score (nSPS) is 12.2. The van der Waals surface area contributed by atoms with E-state index in [0.717, 1.165) is 17.7 Å². The van der Waals surface area contributed by atoms with Gasteiger partial charge in [0.15, 0.2) is 0 Å². The number of halogens is 3. The minimum atomic E-state index is -0.117. The highest BCUT2D eigenvalue weighted by Gasteiger charge is 2.21. The summed E-state index contributed by atoms with van der Waals surface area (Å²) < 4.78 is 5.44. The fourth-order valence-corrected chi connectivity index (χ4v) is 2.84. The number of hydrogen-bond donors (Lipinski definition) is 1. The summed E-state index contributed by atoms with van der Waals surface area (Å²) in [6.07, 6.45) is 0. The molecule has 2 rings (SSSR count). The largest absolute Gasteiger partial charge is 0.496 e. The van der Waals surface area contributed by atoms with Crippen LogP contribution in [0.3, 0.4) is 0 Å². The summed E-state index contributed by atoms with van der Waals surface area (Å²) in [7, 11) is 1.62. The number of benzene rings is 2. The third-order valence-electron chi connectivity index (χ3n) is 3.21. The van der Waals surface area contributed by atoms with Gasteiger partial charge in [0.05, 0.1) is 23.2 Å². The molecule has 1 unspecified atom stereocenters. The third-order valence-corrected chi connectivity index (χ3v) is 4.28. The summed E-state index contributed by atoms with van der Waals surface area (Å²) in [5.41, 5.74) is 1.87. The van der Waals surface area contributed by atoms with Crippen LogP contribution in [0.1, 0.15) is 24.1 Å². The standard InChI is InChI=1S/C16H16Cl3NO/c1-3-20-16(12-5-4-6-13(18)15(12)19)11-8-7-10(17)9-14(11)21-2/h4-9,16,20H,3H2,1-2H3. The quantitative estimate of drug-likeness (QED) is 0.789. The predicted molar refractivity (Wildman–Crippen MR) is 90.0 cm³/mol. The fourth-order valence-electron chi connectivity index (χ4n) is 2.26. The maximum Gasteiger partial charge on any atom is 0.125 e. The molecule has 0 aromatic heterocycles. The zero-order chi connectivity index (χ0) is 15.4. The van der Waals surface area contributed by atoms with E-state index in [0.29, 0.717) is 20.8 Å². The maximum absolute atomic E-state index is 6.36. The maximum atomic E-state index is 6.36. The molecule has 2 aromatic rings. The van der Waals surface area contributed by atoms with Crippen LogP contribution < -0.4 is 10.1 Å². The van der Waals surface area contributed by atoms with E-state index in [1.54, 1.807) is 19.2 Å². The summed E-state index contributed by atoms with van der Waals surface area (Å²) in [6.45, 7) is 2.81. The van der Waals surface area contributed by atoms with E-state index >= 15 is 0 Å². The Morgan fingerprint density at radius 3 is 2.52 bits per heavy atom. The minimum absolute atomic E-state index is 0.117. The second-order valence-electron chi connectivity index (χ2n) is 4.52. The number of nitrogens with one attached hydrogen (secondary N) is 1. The Balaban J connectivity index is 2.56. The highest BCUT2D eigenvalue weighted by atomic mass is 35.5. The van der Waals surface area contributed by atoms with Crippen molar-refractivity contribution in [2.75, 3.05) is 13.7 Å². The van der Waals surface area contributed by atoms with Gasteiger partial charge in [0.25, 0.3) is 0 Å². The van der Waals surface area contributed by atoms with Gasteiger partial charge in [-0.2, -0.15) is 0 Å². The first-order valence-corrected chi connectivity index (χ1v) is 7.72. The molecule has 2 nitrogen and oxygen atoms in total. The van der Waals surface area contributed by atoms with Crippen LogP contribution in [0.5, 0.6) is 5.75 Å². The number of rotatable bonds is 5. The van der Waals surface area contributed by atoms with Crippen LogP contribution in [0.2, 0.25) is 15.1 Å². The Kier molecular flexibility index (Phi) is 5.77. The smallest absolute Gasteiger partial charge is 0.125 e. The predicted octanol–water partition coefficient (Wildman–Crippen LogP) is 5.35. The van der Waals surface area contributed by atoms with Crippen molar-refractivity contribution in [1.29, 1.82) is 0 Å². The van der Waals surface area contributed by atoms with E-state index in [2.05, 4.69) is 5.32 Å². The van der Waals surface area contributed by atoms with E-state index in [1.807, 2.05) is 31.2 Å². The summed E-state index contributed by atoms with van der Waals surface area (Å²) in [5.74, 6) is 0.712. The lowest BCUT2D eigenvalue weighted by Gasteiger charge is -2.22. The molecule has 0 saturated carbocycles. The zero-order valence-electron chi connectivity index (χ0n) is 11.8. The van der Waals surface area contributed by atoms with Crippen molar-refractivity contribution in [2.45, 2.75) is 13.0 Å². The van der Waals surface area contributed by atoms with E-state index in [1.165, 1.54) is 0 Å². The molecule has 0 aliphatic heterocycles. The van der Waals surface area contributed by atoms with Crippen LogP contribution in [-0.4, -0.2) is 13.7 Å². The lowest BCUT2D eigenvalue weighted by atomic mass is 9.97. The van der Waals surface area contributed by atoms with Gasteiger partial charge in [-0.1, -0.05) is 59.9 Å². The van der Waals surface area contributed by atoms with Crippen molar-refractivity contribution in [3.8, 4) is 5.75 Å². The first-order valence-electron chi connectivity index (χ1n) is 6.59. The molecule has 0 aliphatic rings. The summed E-state index contributed by atoms with van der Waals surface area (Å²) in [4.78, 5) is 0. The highest BCUT2D eigenvalue weighted by Crippen LogP contribution is 2.37. The van der Waals surface area contributed by atoms with Crippen LogP contribution in [0.25, 0.3) is 0 Å². The molecular weight excluding hydrogens is 329 g/mol. The molecule has 0 aliphatic carbocycles. The molecule has 0 radical (unpaired) electrons. The molecule has 0 bridgehead atoms. The van der Waals surface area contributed by atoms with Crippen molar-refractivity contribution in [2.24, 2.45) is 0 Å². The third kappa shape index (κ3) is 3.64. The molecule has 0 fully saturated rings. The minimum Gasteiger partial charge on any atom is -0.496 e. The van der Waals surface area contributed by atoms with Gasteiger partial charge < -0.3 is 10.1 Å². The van der Waals surface area contributed by atoms with E-state index in [9.17, 15) is 0 Å². The van der Waals surface area contributed by atoms with Gasteiger partial charge in [-0.15, -0.1) is 0 Å². The van der Waals surface area contributed by atoms with Crippen LogP contribution in [0.15, 0.2) is 36.4 Å². The van der Waals surface area contributed by atoms with Crippen LogP contribution >= 0.6 is 34.8 Å². The summed E-state index contributed by atoms with van der Waals surface area (Å²) in [6, 6.07) is 11.1. The molecule has 0 heterocycles. The van der Waals surface area contributed by atoms with Crippen molar-refractivity contribution in [3.05, 3.63) is 62.6 Å². The average molecular weight is 345 g/mol. The molecular formula is C16H16Cl3NO. The monoisotopic (exact) mass is 343 g/mol. The second kappa shape index (κ2) is 7.37. The first kappa shape index (κ1) is 16.4. The lowest BCUT2D eigenvalue weighted by Crippen LogP contribution is -2.23.